The van der Waals surface area contributed by atoms with Crippen LogP contribution in [0, 0.1) is 17.8 Å². The third kappa shape index (κ3) is 22.8. The molecular weight excluding hydrogens is 1150 g/mol. The number of nitrogens with two attached hydrogens (primary N) is 2. The number of carboxylic acid groups (broad SMARTS) is 1. The number of hydrogen-bond donors (Lipinski definition) is 16. The van der Waals surface area contributed by atoms with E-state index < -0.39 is 187 Å². The maximum Gasteiger partial charge on any atom is 0.326 e. The van der Waals surface area contributed by atoms with Crippen LogP contribution >= 0.6 is 0 Å². The molecule has 1 fully saturated rings. The molecule has 486 valence electrons. The molecule has 0 aliphatic carbocycles. The van der Waals surface area contributed by atoms with E-state index in [-0.39, 0.29) is 38.0 Å². The van der Waals surface area contributed by atoms with Crippen LogP contribution in [-0.4, -0.2) is 188 Å². The first-order valence-electron chi connectivity index (χ1n) is 29.1. The maximum atomic E-state index is 14.6. The zero-order valence-corrected chi connectivity index (χ0v) is 50.8. The van der Waals surface area contributed by atoms with Crippen LogP contribution in [0.5, 0.6) is 5.75 Å². The van der Waals surface area contributed by atoms with Crippen molar-refractivity contribution in [3.63, 3.8) is 0 Å². The predicted molar refractivity (Wildman–Crippen MR) is 314 cm³/mol. The topological polar surface area (TPSA) is 494 Å². The van der Waals surface area contributed by atoms with Gasteiger partial charge in [-0.15, -0.1) is 0 Å². The average Bonchev–Trinajstić information content (AvgIpc) is 4.04. The number of carbonyl (C=O) groups excluding carboxylic acids is 12. The fourth-order valence-corrected chi connectivity index (χ4v) is 9.43. The summed E-state index contributed by atoms with van der Waals surface area (Å²) in [6.07, 6.45) is -3.78. The Kier molecular flexibility index (Phi) is 29.3. The molecule has 2 aromatic carbocycles. The van der Waals surface area contributed by atoms with Gasteiger partial charge in [0.2, 0.25) is 65.0 Å². The Balaban J connectivity index is 1.77. The number of hydrogen-bond acceptors (Lipinski definition) is 16. The van der Waals surface area contributed by atoms with Gasteiger partial charge in [-0.25, -0.2) is 4.79 Å². The number of nitrogens with one attached hydrogen (secondary N) is 9. The monoisotopic (exact) mass is 1240 g/mol. The normalized spacial score (nSPS) is 17.4. The smallest absolute Gasteiger partial charge is 0.326 e. The van der Waals surface area contributed by atoms with E-state index in [9.17, 15) is 82.8 Å². The number of nitrogens with zero attached hydrogens (tertiary/aromatic N) is 1. The molecule has 30 nitrogen and oxygen atoms in total. The van der Waals surface area contributed by atoms with Gasteiger partial charge in [0.05, 0.1) is 31.6 Å². The summed E-state index contributed by atoms with van der Waals surface area (Å²) in [6, 6.07) is -0.0818. The number of aliphatic hydroxyl groups is 2. The molecule has 1 aliphatic rings. The molecule has 1 aliphatic heterocycles. The van der Waals surface area contributed by atoms with Crippen LogP contribution in [0.4, 0.5) is 0 Å². The van der Waals surface area contributed by atoms with Crippen molar-refractivity contribution in [2.75, 3.05) is 13.1 Å². The largest absolute Gasteiger partial charge is 0.508 e. The highest BCUT2D eigenvalue weighted by molar-refractivity contribution is 6.00. The van der Waals surface area contributed by atoms with Gasteiger partial charge in [0.25, 0.3) is 5.91 Å². The van der Waals surface area contributed by atoms with Gasteiger partial charge in [-0.3, -0.25) is 57.5 Å². The molecule has 12 amide bonds. The number of aliphatic hydroxyl groups excluding tert-OH is 2. The van der Waals surface area contributed by atoms with Crippen molar-refractivity contribution in [3.8, 4) is 5.75 Å². The Morgan fingerprint density at radius 3 is 1.56 bits per heavy atom. The number of likely N-dealkylation sites (tertiary alicyclic amines) is 1. The van der Waals surface area contributed by atoms with Gasteiger partial charge in [-0.2, -0.15) is 0 Å². The molecule has 1 saturated heterocycles. The lowest BCUT2D eigenvalue weighted by molar-refractivity contribution is -0.403. The summed E-state index contributed by atoms with van der Waals surface area (Å²) < 4.78 is 0. The van der Waals surface area contributed by atoms with Gasteiger partial charge >= 0.3 is 5.97 Å². The van der Waals surface area contributed by atoms with E-state index >= 15 is 0 Å². The first-order chi connectivity index (χ1) is 41.3. The van der Waals surface area contributed by atoms with Gasteiger partial charge < -0.3 is 90.4 Å². The zero-order valence-electron chi connectivity index (χ0n) is 50.8. The second-order valence-electron chi connectivity index (χ2n) is 22.5. The number of primary amides is 2. The lowest BCUT2D eigenvalue weighted by Gasteiger charge is -2.32. The highest BCUT2D eigenvalue weighted by Crippen LogP contribution is 2.22. The van der Waals surface area contributed by atoms with E-state index in [0.717, 1.165) is 24.3 Å². The van der Waals surface area contributed by atoms with Crippen molar-refractivity contribution in [1.29, 1.82) is 0 Å². The summed E-state index contributed by atoms with van der Waals surface area (Å²) in [6.45, 7) is 11.2. The van der Waals surface area contributed by atoms with Crippen LogP contribution in [0.2, 0.25) is 0 Å². The maximum absolute atomic E-state index is 14.6. The fraction of sp³-hybridized carbons (Fsp3) is 0.569. The van der Waals surface area contributed by atoms with Crippen molar-refractivity contribution in [3.05, 3.63) is 65.7 Å². The Hall–Kier alpha value is -8.77. The minimum atomic E-state index is -1.88. The number of amides is 12. The summed E-state index contributed by atoms with van der Waals surface area (Å²) in [5.74, 6) is -14.7. The second kappa shape index (κ2) is 35.1. The molecule has 0 radical (unpaired) electrons. The van der Waals surface area contributed by atoms with Gasteiger partial charge in [0.1, 0.15) is 60.1 Å². The number of quaternary nitrogens is 1. The molecule has 0 bridgehead atoms. The second-order valence-corrected chi connectivity index (χ2v) is 22.5. The summed E-state index contributed by atoms with van der Waals surface area (Å²) in [5.41, 5.74) is 15.7. The van der Waals surface area contributed by atoms with Gasteiger partial charge in [-0.05, 0) is 67.7 Å². The molecule has 30 heteroatoms. The van der Waals surface area contributed by atoms with Crippen molar-refractivity contribution < 1.29 is 88.5 Å². The van der Waals surface area contributed by atoms with E-state index in [2.05, 4.69) is 53.6 Å². The van der Waals surface area contributed by atoms with Crippen LogP contribution in [0.15, 0.2) is 54.6 Å². The average molecular weight is 1240 g/mol. The molecule has 0 aromatic heterocycles. The molecule has 88 heavy (non-hydrogen) atoms. The third-order valence-corrected chi connectivity index (χ3v) is 15.0. The Bertz CT molecular complexity index is 2790. The number of phenols is 1. The van der Waals surface area contributed by atoms with E-state index in [0.29, 0.717) is 18.4 Å². The predicted octanol–water partition coefficient (Wildman–Crippen LogP) is -4.88. The highest BCUT2D eigenvalue weighted by atomic mass is 16.4. The van der Waals surface area contributed by atoms with Crippen LogP contribution in [0.25, 0.3) is 0 Å². The lowest BCUT2D eigenvalue weighted by atomic mass is 9.96. The Labute approximate surface area is 509 Å². The summed E-state index contributed by atoms with van der Waals surface area (Å²) >= 11 is 0. The lowest BCUT2D eigenvalue weighted by Crippen LogP contribution is -2.70. The minimum absolute atomic E-state index is 0.0184. The zero-order chi connectivity index (χ0) is 66.3. The number of carboxylic acids is 1. The van der Waals surface area contributed by atoms with Crippen LogP contribution in [0.1, 0.15) is 105 Å². The number of rotatable bonds is 35. The van der Waals surface area contributed by atoms with Gasteiger partial charge in [0.15, 0.2) is 6.04 Å². The number of carbonyl (C=O) groups is 13. The van der Waals surface area contributed by atoms with Crippen molar-refractivity contribution in [2.24, 2.45) is 29.2 Å². The standard InChI is InChI=1S/C58H87N13O17/c1-9-29(5)45(53(82)65-39(58(87)88)26-42(61)76)69-51(80)40-17-14-22-71(40)57(86)38(24-34-18-20-35(74)21-19-34)64-55(84)48(32(8)73)70-56(85)47(31(7)72)66-43(77)27-62-52(81)44(28(3)4)67-54(83)46(30(6)10-2)68-50(79)37(25-41(60)75)63-49(78)36(59)23-33-15-12-11-13-16-33/h11-13,15-16,18-21,28-32,36-40,44-48,72-74H,9-10,14,17,22-27,59H2,1-8H3,(H2,60,75)(H2,61,76)(H,62,81)(H,63,78)(H,64,84)(H,65,82)(H,66,77)(H,67,83)(H,68,79)(H,69,80)(H,70,85)(H,87,88)/p+1/t29-,30-,31+,32+,36-,37-,38-,39-,40-,44-,45-,46-,47-,48-/m0/s1. The summed E-state index contributed by atoms with van der Waals surface area (Å²) in [7, 11) is 0. The summed E-state index contributed by atoms with van der Waals surface area (Å²) in [5, 5.41) is 63.2. The molecule has 0 unspecified atom stereocenters. The number of aliphatic carboxylic acids is 1. The fourth-order valence-electron chi connectivity index (χ4n) is 9.43. The van der Waals surface area contributed by atoms with Gasteiger partial charge in [0, 0.05) is 19.4 Å². The first kappa shape index (κ1) is 73.5. The first-order valence-corrected chi connectivity index (χ1v) is 29.1. The molecule has 20 N–H and O–H groups in total. The third-order valence-electron chi connectivity index (χ3n) is 15.0. The SMILES string of the molecule is CC[C@H](C)[C@H](NC(=O)[C@H](CC(N)=O)NC(=O)[C@@H]([NH3+])Cc1ccccc1)C(=O)N[C@H](C(=O)NCC(=O)N[C@H](C(=O)N[C@H](C(=O)N[C@@H](Cc1ccc(O)cc1)C(=O)N1CCC[C@H]1C(=O)N[C@H](C(=O)N[C@@H](CC(N)=O)C(=O)O)[C@@H](C)CC)[C@@H](C)O)[C@@H](C)O)C(C)C. The molecular formula is C58H88N13O17+. The molecule has 0 saturated carbocycles. The molecule has 1 heterocycles. The Morgan fingerprint density at radius 2 is 1.02 bits per heavy atom. The van der Waals surface area contributed by atoms with Crippen LogP contribution in [0.3, 0.4) is 0 Å². The van der Waals surface area contributed by atoms with E-state index in [1.54, 1.807) is 71.9 Å². The van der Waals surface area contributed by atoms with Crippen molar-refractivity contribution >= 4 is 76.9 Å². The van der Waals surface area contributed by atoms with E-state index in [1.165, 1.54) is 24.3 Å². The summed E-state index contributed by atoms with van der Waals surface area (Å²) in [4.78, 5) is 175. The number of benzene rings is 2. The highest BCUT2D eigenvalue weighted by Gasteiger charge is 2.42. The van der Waals surface area contributed by atoms with E-state index in [4.69, 9.17) is 11.5 Å². The van der Waals surface area contributed by atoms with Crippen LogP contribution in [-0.2, 0) is 75.2 Å². The molecule has 3 rings (SSSR count). The van der Waals surface area contributed by atoms with E-state index in [1.807, 2.05) is 0 Å². The number of phenolic OH excluding ortho intramolecular Hbond substituents is 1. The van der Waals surface area contributed by atoms with Gasteiger partial charge in [-0.1, -0.05) is 96.8 Å². The van der Waals surface area contributed by atoms with Crippen molar-refractivity contribution in [1.82, 2.24) is 52.8 Å². The minimum Gasteiger partial charge on any atom is -0.508 e. The number of aromatic hydroxyl groups is 1. The quantitative estimate of drug-likeness (QED) is 0.0308. The van der Waals surface area contributed by atoms with Crippen molar-refractivity contribution in [2.45, 2.75) is 179 Å². The molecule has 2 aromatic rings. The van der Waals surface area contributed by atoms with Crippen LogP contribution < -0.4 is 65.1 Å². The molecule has 0 spiro atoms. The molecule has 14 atom stereocenters. The Morgan fingerprint density at radius 1 is 0.557 bits per heavy atom.